The highest BCUT2D eigenvalue weighted by molar-refractivity contribution is 7.99. The summed E-state index contributed by atoms with van der Waals surface area (Å²) in [6, 6.07) is 0. The number of halogens is 1. The van der Waals surface area contributed by atoms with Gasteiger partial charge in [0.15, 0.2) is 5.03 Å². The van der Waals surface area contributed by atoms with Crippen LogP contribution >= 0.6 is 23.4 Å². The molecule has 2 rings (SSSR count). The second kappa shape index (κ2) is 4.91. The van der Waals surface area contributed by atoms with Gasteiger partial charge in [0.25, 0.3) is 5.22 Å². The third-order valence-electron chi connectivity index (χ3n) is 2.12. The Labute approximate surface area is 111 Å². The number of aryl methyl sites for hydroxylation is 2. The van der Waals surface area contributed by atoms with Gasteiger partial charge in [-0.3, -0.25) is 10.1 Å². The van der Waals surface area contributed by atoms with E-state index in [4.69, 9.17) is 16.0 Å². The SMILES string of the molecule is Cc1nc(Sc2ncnc(Cl)c2[N+](=O)[O-])oc1C. The molecule has 0 saturated heterocycles. The molecule has 0 radical (unpaired) electrons. The molecule has 94 valence electrons. The summed E-state index contributed by atoms with van der Waals surface area (Å²) in [6.07, 6.45) is 1.15. The van der Waals surface area contributed by atoms with Crippen molar-refractivity contribution in [2.75, 3.05) is 0 Å². The molecule has 0 spiro atoms. The van der Waals surface area contributed by atoms with Crippen LogP contribution < -0.4 is 0 Å². The first-order valence-electron chi connectivity index (χ1n) is 4.76. The zero-order valence-electron chi connectivity index (χ0n) is 9.38. The Kier molecular flexibility index (Phi) is 3.48. The summed E-state index contributed by atoms with van der Waals surface area (Å²) < 4.78 is 5.32. The van der Waals surface area contributed by atoms with Crippen LogP contribution in [-0.4, -0.2) is 19.9 Å². The van der Waals surface area contributed by atoms with Gasteiger partial charge in [-0.25, -0.2) is 15.0 Å². The maximum Gasteiger partial charge on any atom is 0.338 e. The van der Waals surface area contributed by atoms with Crippen molar-refractivity contribution in [3.05, 3.63) is 33.0 Å². The van der Waals surface area contributed by atoms with Gasteiger partial charge < -0.3 is 4.42 Å². The standard InChI is InChI=1S/C9H7ClN4O3S/c1-4-5(2)17-9(13-4)18-8-6(14(15)16)7(10)11-3-12-8/h3H,1-2H3. The van der Waals surface area contributed by atoms with E-state index < -0.39 is 4.92 Å². The van der Waals surface area contributed by atoms with Crippen LogP contribution in [0.4, 0.5) is 5.69 Å². The molecule has 0 N–H and O–H groups in total. The molecular formula is C9H7ClN4O3S. The van der Waals surface area contributed by atoms with E-state index in [1.807, 2.05) is 0 Å². The van der Waals surface area contributed by atoms with Gasteiger partial charge in [-0.05, 0) is 25.6 Å². The highest BCUT2D eigenvalue weighted by Gasteiger charge is 2.24. The van der Waals surface area contributed by atoms with Crippen molar-refractivity contribution in [1.29, 1.82) is 0 Å². The smallest absolute Gasteiger partial charge is 0.338 e. The molecule has 0 amide bonds. The quantitative estimate of drug-likeness (QED) is 0.486. The minimum atomic E-state index is -0.632. The molecule has 0 unspecified atom stereocenters. The van der Waals surface area contributed by atoms with Crippen molar-refractivity contribution in [3.8, 4) is 0 Å². The third-order valence-corrected chi connectivity index (χ3v) is 3.24. The summed E-state index contributed by atoms with van der Waals surface area (Å²) in [5.41, 5.74) is 0.373. The van der Waals surface area contributed by atoms with E-state index >= 15 is 0 Å². The lowest BCUT2D eigenvalue weighted by molar-refractivity contribution is -0.388. The van der Waals surface area contributed by atoms with Gasteiger partial charge in [-0.1, -0.05) is 11.6 Å². The highest BCUT2D eigenvalue weighted by Crippen LogP contribution is 2.36. The maximum absolute atomic E-state index is 10.9. The maximum atomic E-state index is 10.9. The van der Waals surface area contributed by atoms with E-state index in [9.17, 15) is 10.1 Å². The van der Waals surface area contributed by atoms with Gasteiger partial charge >= 0.3 is 5.69 Å². The molecule has 18 heavy (non-hydrogen) atoms. The number of rotatable bonds is 3. The molecule has 0 aromatic carbocycles. The lowest BCUT2D eigenvalue weighted by Gasteiger charge is -1.99. The molecule has 0 aliphatic heterocycles. The number of oxazole rings is 1. The molecule has 0 aliphatic carbocycles. The Morgan fingerprint density at radius 1 is 1.44 bits per heavy atom. The van der Waals surface area contributed by atoms with Crippen molar-refractivity contribution >= 4 is 29.1 Å². The second-order valence-corrected chi connectivity index (χ2v) is 4.60. The Balaban J connectivity index is 2.40. The van der Waals surface area contributed by atoms with Crippen LogP contribution in [0.2, 0.25) is 5.15 Å². The molecule has 2 heterocycles. The van der Waals surface area contributed by atoms with Gasteiger partial charge in [-0.2, -0.15) is 0 Å². The summed E-state index contributed by atoms with van der Waals surface area (Å²) in [5, 5.41) is 11.0. The topological polar surface area (TPSA) is 95.0 Å². The summed E-state index contributed by atoms with van der Waals surface area (Å²) in [6.45, 7) is 3.54. The van der Waals surface area contributed by atoms with Crippen LogP contribution in [-0.2, 0) is 0 Å². The molecule has 0 saturated carbocycles. The molecule has 0 atom stereocenters. The molecule has 0 bridgehead atoms. The zero-order chi connectivity index (χ0) is 13.3. The molecule has 0 fully saturated rings. The van der Waals surface area contributed by atoms with Gasteiger partial charge in [0.05, 0.1) is 10.6 Å². The van der Waals surface area contributed by atoms with E-state index in [0.717, 1.165) is 23.8 Å². The van der Waals surface area contributed by atoms with Crippen molar-refractivity contribution in [2.24, 2.45) is 0 Å². The van der Waals surface area contributed by atoms with E-state index in [1.165, 1.54) is 0 Å². The lowest BCUT2D eigenvalue weighted by atomic mass is 10.4. The monoisotopic (exact) mass is 286 g/mol. The highest BCUT2D eigenvalue weighted by atomic mass is 35.5. The number of aromatic nitrogens is 3. The zero-order valence-corrected chi connectivity index (χ0v) is 10.9. The average molecular weight is 287 g/mol. The largest absolute Gasteiger partial charge is 0.436 e. The van der Waals surface area contributed by atoms with E-state index in [1.54, 1.807) is 13.8 Å². The summed E-state index contributed by atoms with van der Waals surface area (Å²) in [4.78, 5) is 21.8. The van der Waals surface area contributed by atoms with Gasteiger partial charge in [-0.15, -0.1) is 0 Å². The fourth-order valence-electron chi connectivity index (χ4n) is 1.14. The van der Waals surface area contributed by atoms with Crippen LogP contribution in [0.25, 0.3) is 0 Å². The molecule has 9 heteroatoms. The number of nitrogens with zero attached hydrogens (tertiary/aromatic N) is 4. The van der Waals surface area contributed by atoms with E-state index in [0.29, 0.717) is 5.76 Å². The summed E-state index contributed by atoms with van der Waals surface area (Å²) in [7, 11) is 0. The molecule has 0 aliphatic rings. The minimum Gasteiger partial charge on any atom is -0.436 e. The Morgan fingerprint density at radius 3 is 2.72 bits per heavy atom. The fraction of sp³-hybridized carbons (Fsp3) is 0.222. The van der Waals surface area contributed by atoms with Crippen molar-refractivity contribution < 1.29 is 9.34 Å². The lowest BCUT2D eigenvalue weighted by Crippen LogP contribution is -1.96. The first kappa shape index (κ1) is 12.8. The van der Waals surface area contributed by atoms with E-state index in [-0.39, 0.29) is 21.1 Å². The van der Waals surface area contributed by atoms with Crippen molar-refractivity contribution in [1.82, 2.24) is 15.0 Å². The number of hydrogen-bond donors (Lipinski definition) is 0. The van der Waals surface area contributed by atoms with Crippen LogP contribution in [0.5, 0.6) is 0 Å². The van der Waals surface area contributed by atoms with Crippen LogP contribution in [0.1, 0.15) is 11.5 Å². The first-order valence-corrected chi connectivity index (χ1v) is 5.95. The average Bonchev–Trinajstić information content (AvgIpc) is 2.57. The third kappa shape index (κ3) is 2.44. The van der Waals surface area contributed by atoms with Crippen molar-refractivity contribution in [2.45, 2.75) is 24.1 Å². The van der Waals surface area contributed by atoms with Crippen LogP contribution in [0.15, 0.2) is 21.0 Å². The summed E-state index contributed by atoms with van der Waals surface area (Å²) >= 11 is 6.61. The van der Waals surface area contributed by atoms with Crippen molar-refractivity contribution in [3.63, 3.8) is 0 Å². The predicted octanol–water partition coefficient (Wildman–Crippen LogP) is 2.79. The Hall–Kier alpha value is -1.67. The Morgan fingerprint density at radius 2 is 2.17 bits per heavy atom. The number of hydrogen-bond acceptors (Lipinski definition) is 7. The normalized spacial score (nSPS) is 10.6. The second-order valence-electron chi connectivity index (χ2n) is 3.30. The fourth-order valence-corrected chi connectivity index (χ4v) is 2.28. The van der Waals surface area contributed by atoms with E-state index in [2.05, 4.69) is 15.0 Å². The summed E-state index contributed by atoms with van der Waals surface area (Å²) in [5.74, 6) is 0.653. The molecule has 7 nitrogen and oxygen atoms in total. The van der Waals surface area contributed by atoms with Gasteiger partial charge in [0, 0.05) is 0 Å². The van der Waals surface area contributed by atoms with Crippen LogP contribution in [0.3, 0.4) is 0 Å². The van der Waals surface area contributed by atoms with Crippen LogP contribution in [0, 0.1) is 24.0 Å². The molecule has 2 aromatic rings. The Bertz CT molecular complexity index is 596. The first-order chi connectivity index (χ1) is 8.49. The molecule has 2 aromatic heterocycles. The molecular weight excluding hydrogens is 280 g/mol. The minimum absolute atomic E-state index is 0.0984. The van der Waals surface area contributed by atoms with Gasteiger partial charge in [0.1, 0.15) is 12.1 Å². The van der Waals surface area contributed by atoms with Gasteiger partial charge in [0.2, 0.25) is 5.15 Å². The number of nitro groups is 1. The predicted molar refractivity (Wildman–Crippen MR) is 63.8 cm³/mol.